The van der Waals surface area contributed by atoms with Crippen molar-refractivity contribution in [2.45, 2.75) is 57.8 Å². The summed E-state index contributed by atoms with van der Waals surface area (Å²) in [4.78, 5) is 16.6. The highest BCUT2D eigenvalue weighted by Crippen LogP contribution is 2.49. The molecule has 0 spiro atoms. The van der Waals surface area contributed by atoms with E-state index in [1.54, 1.807) is 7.11 Å². The van der Waals surface area contributed by atoms with Crippen LogP contribution in [0.15, 0.2) is 28.8 Å². The van der Waals surface area contributed by atoms with Crippen molar-refractivity contribution in [1.29, 1.82) is 0 Å². The van der Waals surface area contributed by atoms with E-state index < -0.39 is 0 Å². The van der Waals surface area contributed by atoms with Crippen LogP contribution in [0.4, 0.5) is 0 Å². The van der Waals surface area contributed by atoms with Crippen LogP contribution < -0.4 is 10.1 Å². The van der Waals surface area contributed by atoms with E-state index in [0.29, 0.717) is 17.6 Å². The number of aryl methyl sites for hydroxylation is 1. The number of aromatic nitrogens is 2. The first-order valence-corrected chi connectivity index (χ1v) is 10.9. The molecule has 1 aromatic carbocycles. The van der Waals surface area contributed by atoms with Gasteiger partial charge in [-0.3, -0.25) is 4.79 Å². The van der Waals surface area contributed by atoms with Crippen LogP contribution in [0.3, 0.4) is 0 Å². The Kier molecular flexibility index (Phi) is 6.47. The summed E-state index contributed by atoms with van der Waals surface area (Å²) in [6.07, 6.45) is 9.89. The Morgan fingerprint density at radius 1 is 1.17 bits per heavy atom. The quantitative estimate of drug-likeness (QED) is 0.601. The topological polar surface area (TPSA) is 77.3 Å². The number of hydrogen-bond acceptors (Lipinski definition) is 5. The van der Waals surface area contributed by atoms with Crippen LogP contribution in [0.1, 0.15) is 57.3 Å². The second-order valence-electron chi connectivity index (χ2n) is 8.54. The lowest BCUT2D eigenvalue weighted by atomic mass is 9.86. The van der Waals surface area contributed by atoms with Gasteiger partial charge in [0.2, 0.25) is 17.6 Å². The van der Waals surface area contributed by atoms with Gasteiger partial charge in [-0.2, -0.15) is 4.98 Å². The van der Waals surface area contributed by atoms with Gasteiger partial charge in [0.25, 0.3) is 0 Å². The Labute approximate surface area is 172 Å². The SMILES string of the molecule is COc1ccc(-c2noc(CCCCCNC(=O)C[C@H]3C[C@H]4CC[C@@H]3C4)n2)cc1. The highest BCUT2D eigenvalue weighted by molar-refractivity contribution is 5.76. The van der Waals surface area contributed by atoms with Gasteiger partial charge in [0.1, 0.15) is 5.75 Å². The van der Waals surface area contributed by atoms with Crippen molar-refractivity contribution in [1.82, 2.24) is 15.5 Å². The minimum atomic E-state index is 0.239. The maximum atomic E-state index is 12.2. The van der Waals surface area contributed by atoms with Gasteiger partial charge in [-0.1, -0.05) is 18.0 Å². The molecule has 2 aliphatic rings. The minimum Gasteiger partial charge on any atom is -0.497 e. The van der Waals surface area contributed by atoms with Gasteiger partial charge in [-0.25, -0.2) is 0 Å². The molecule has 2 bridgehead atoms. The van der Waals surface area contributed by atoms with Gasteiger partial charge in [0.05, 0.1) is 7.11 Å². The number of benzene rings is 1. The zero-order valence-electron chi connectivity index (χ0n) is 17.2. The first-order valence-electron chi connectivity index (χ1n) is 10.9. The number of rotatable bonds is 10. The molecule has 6 heteroatoms. The highest BCUT2D eigenvalue weighted by atomic mass is 16.5. The normalized spacial score (nSPS) is 22.7. The molecular weight excluding hydrogens is 366 g/mol. The lowest BCUT2D eigenvalue weighted by Gasteiger charge is -2.20. The van der Waals surface area contributed by atoms with E-state index in [0.717, 1.165) is 61.8 Å². The molecule has 1 aromatic heterocycles. The van der Waals surface area contributed by atoms with E-state index in [1.165, 1.54) is 25.7 Å². The largest absolute Gasteiger partial charge is 0.497 e. The molecule has 0 unspecified atom stereocenters. The monoisotopic (exact) mass is 397 g/mol. The fourth-order valence-electron chi connectivity index (χ4n) is 4.96. The lowest BCUT2D eigenvalue weighted by Crippen LogP contribution is -2.28. The zero-order chi connectivity index (χ0) is 20.1. The number of amides is 1. The number of methoxy groups -OCH3 is 1. The van der Waals surface area contributed by atoms with Gasteiger partial charge in [0.15, 0.2) is 0 Å². The van der Waals surface area contributed by atoms with Crippen molar-refractivity contribution in [2.24, 2.45) is 17.8 Å². The fourth-order valence-corrected chi connectivity index (χ4v) is 4.96. The zero-order valence-corrected chi connectivity index (χ0v) is 17.2. The van der Waals surface area contributed by atoms with Gasteiger partial charge >= 0.3 is 0 Å². The summed E-state index contributed by atoms with van der Waals surface area (Å²) < 4.78 is 10.5. The predicted octanol–water partition coefficient (Wildman–Crippen LogP) is 4.40. The standard InChI is InChI=1S/C23H31N3O3/c1-28-20-10-8-17(9-11-20)23-25-22(29-26-23)5-3-2-4-12-24-21(27)15-19-14-16-6-7-18(19)13-16/h8-11,16,18-19H,2-7,12-15H2,1H3,(H,24,27)/t16-,18+,19+/m0/s1. The van der Waals surface area contributed by atoms with E-state index in [-0.39, 0.29) is 5.91 Å². The third-order valence-corrected chi connectivity index (χ3v) is 6.54. The molecule has 1 N–H and O–H groups in total. The molecule has 0 aliphatic heterocycles. The Morgan fingerprint density at radius 2 is 2.03 bits per heavy atom. The molecule has 1 amide bonds. The second kappa shape index (κ2) is 9.42. The van der Waals surface area contributed by atoms with Crippen molar-refractivity contribution in [2.75, 3.05) is 13.7 Å². The Hall–Kier alpha value is -2.37. The number of carbonyl (C=O) groups excluding carboxylic acids is 1. The molecule has 2 aliphatic carbocycles. The van der Waals surface area contributed by atoms with Crippen molar-refractivity contribution in [3.05, 3.63) is 30.2 Å². The number of unbranched alkanes of at least 4 members (excludes halogenated alkanes) is 2. The smallest absolute Gasteiger partial charge is 0.226 e. The maximum Gasteiger partial charge on any atom is 0.226 e. The number of nitrogens with zero attached hydrogens (tertiary/aromatic N) is 2. The summed E-state index contributed by atoms with van der Waals surface area (Å²) in [5, 5.41) is 7.16. The highest BCUT2D eigenvalue weighted by Gasteiger charge is 2.39. The van der Waals surface area contributed by atoms with Crippen LogP contribution in [0.25, 0.3) is 11.4 Å². The summed E-state index contributed by atoms with van der Waals surface area (Å²) >= 11 is 0. The van der Waals surface area contributed by atoms with E-state index >= 15 is 0 Å². The molecule has 2 saturated carbocycles. The van der Waals surface area contributed by atoms with E-state index in [9.17, 15) is 4.79 Å². The molecule has 3 atom stereocenters. The molecule has 4 rings (SSSR count). The van der Waals surface area contributed by atoms with Gasteiger partial charge < -0.3 is 14.6 Å². The molecule has 29 heavy (non-hydrogen) atoms. The summed E-state index contributed by atoms with van der Waals surface area (Å²) in [6, 6.07) is 7.62. The first kappa shape index (κ1) is 19.9. The second-order valence-corrected chi connectivity index (χ2v) is 8.54. The lowest BCUT2D eigenvalue weighted by molar-refractivity contribution is -0.122. The molecule has 1 heterocycles. The summed E-state index contributed by atoms with van der Waals surface area (Å²) in [5.41, 5.74) is 0.916. The average Bonchev–Trinajstić information content (AvgIpc) is 3.48. The fraction of sp³-hybridized carbons (Fsp3) is 0.609. The number of carbonyl (C=O) groups is 1. The molecule has 2 aromatic rings. The van der Waals surface area contributed by atoms with Gasteiger partial charge in [-0.05, 0) is 74.1 Å². The third kappa shape index (κ3) is 5.17. The number of ether oxygens (including phenoxy) is 1. The van der Waals surface area contributed by atoms with Crippen LogP contribution in [0.5, 0.6) is 5.75 Å². The average molecular weight is 398 g/mol. The van der Waals surface area contributed by atoms with Gasteiger partial charge in [-0.15, -0.1) is 0 Å². The molecule has 2 fully saturated rings. The summed E-state index contributed by atoms with van der Waals surface area (Å²) in [5.74, 6) is 4.69. The minimum absolute atomic E-state index is 0.239. The van der Waals surface area contributed by atoms with Gasteiger partial charge in [0, 0.05) is 24.9 Å². The number of hydrogen-bond donors (Lipinski definition) is 1. The maximum absolute atomic E-state index is 12.2. The van der Waals surface area contributed by atoms with E-state index in [4.69, 9.17) is 9.26 Å². The van der Waals surface area contributed by atoms with Crippen LogP contribution in [0.2, 0.25) is 0 Å². The number of fused-ring (bicyclic) bond motifs is 2. The third-order valence-electron chi connectivity index (χ3n) is 6.54. The summed E-state index contributed by atoms with van der Waals surface area (Å²) in [6.45, 7) is 0.764. The molecular formula is C23H31N3O3. The van der Waals surface area contributed by atoms with Crippen molar-refractivity contribution < 1.29 is 14.1 Å². The van der Waals surface area contributed by atoms with Crippen LogP contribution in [-0.2, 0) is 11.2 Å². The molecule has 6 nitrogen and oxygen atoms in total. The van der Waals surface area contributed by atoms with E-state index in [2.05, 4.69) is 15.5 Å². The Bertz CT molecular complexity index is 802. The predicted molar refractivity (Wildman–Crippen MR) is 110 cm³/mol. The Balaban J connectivity index is 1.10. The van der Waals surface area contributed by atoms with Crippen LogP contribution in [0, 0.1) is 17.8 Å². The summed E-state index contributed by atoms with van der Waals surface area (Å²) in [7, 11) is 1.64. The van der Waals surface area contributed by atoms with Crippen molar-refractivity contribution >= 4 is 5.91 Å². The van der Waals surface area contributed by atoms with Crippen LogP contribution >= 0.6 is 0 Å². The first-order chi connectivity index (χ1) is 14.2. The Morgan fingerprint density at radius 3 is 2.76 bits per heavy atom. The molecule has 0 radical (unpaired) electrons. The van der Waals surface area contributed by atoms with Crippen LogP contribution in [-0.4, -0.2) is 29.7 Å². The van der Waals surface area contributed by atoms with E-state index in [1.807, 2.05) is 24.3 Å². The number of nitrogens with one attached hydrogen (secondary N) is 1. The molecule has 156 valence electrons. The van der Waals surface area contributed by atoms with Crippen molar-refractivity contribution in [3.8, 4) is 17.1 Å². The molecule has 0 saturated heterocycles. The van der Waals surface area contributed by atoms with Crippen molar-refractivity contribution in [3.63, 3.8) is 0 Å².